The summed E-state index contributed by atoms with van der Waals surface area (Å²) < 4.78 is 0. The zero-order chi connectivity index (χ0) is 66.4. The second-order valence-corrected chi connectivity index (χ2v) is 35.7. The minimum absolute atomic E-state index is 0.0129. The Bertz CT molecular complexity index is 4460. The molecule has 14 rings (SSSR count). The summed E-state index contributed by atoms with van der Waals surface area (Å²) in [5.41, 5.74) is 33.2. The average molecular weight is 1220 g/mol. The monoisotopic (exact) mass is 1220 g/mol. The molecule has 2 aliphatic heterocycles. The molecule has 2 heterocycles. The molecule has 4 heteroatoms. The molecular weight excluding hydrogens is 1120 g/mol. The molecule has 3 aliphatic carbocycles. The fourth-order valence-electron chi connectivity index (χ4n) is 17.3. The van der Waals surface area contributed by atoms with Gasteiger partial charge in [0, 0.05) is 56.2 Å². The Balaban J connectivity index is 1.18. The zero-order valence-electron chi connectivity index (χ0n) is 60.4. The van der Waals surface area contributed by atoms with Gasteiger partial charge in [-0.2, -0.15) is 0 Å². The largest absolute Gasteiger partial charge is 0.311 e. The first-order valence-corrected chi connectivity index (χ1v) is 35.0. The first kappa shape index (κ1) is 62.9. The maximum Gasteiger partial charge on any atom is 0.252 e. The van der Waals surface area contributed by atoms with E-state index in [9.17, 15) is 0 Å². The summed E-state index contributed by atoms with van der Waals surface area (Å²) in [6, 6.07) is 68.7. The van der Waals surface area contributed by atoms with Crippen LogP contribution in [0.3, 0.4) is 0 Å². The van der Waals surface area contributed by atoms with Gasteiger partial charge in [-0.05, 0) is 226 Å². The van der Waals surface area contributed by atoms with Gasteiger partial charge < -0.3 is 14.7 Å². The summed E-state index contributed by atoms with van der Waals surface area (Å²) in [6.07, 6.45) is 4.59. The number of anilines is 9. The van der Waals surface area contributed by atoms with Crippen LogP contribution in [0.2, 0.25) is 0 Å². The average Bonchev–Trinajstić information content (AvgIpc) is 0.683. The normalized spacial score (nSPS) is 18.3. The second-order valence-electron chi connectivity index (χ2n) is 35.7. The summed E-state index contributed by atoms with van der Waals surface area (Å²) >= 11 is 0. The van der Waals surface area contributed by atoms with Crippen molar-refractivity contribution >= 4 is 74.3 Å². The lowest BCUT2D eigenvalue weighted by molar-refractivity contribution is 0.332. The van der Waals surface area contributed by atoms with Gasteiger partial charge in [-0.3, -0.25) is 0 Å². The molecule has 3 nitrogen and oxygen atoms in total. The van der Waals surface area contributed by atoms with Crippen LogP contribution in [-0.4, -0.2) is 6.71 Å². The number of nitrogens with zero attached hydrogens (tertiary/aromatic N) is 3. The number of hydrogen-bond donors (Lipinski definition) is 0. The van der Waals surface area contributed by atoms with Gasteiger partial charge in [-0.15, -0.1) is 0 Å². The highest BCUT2D eigenvalue weighted by atomic mass is 15.2. The summed E-state index contributed by atoms with van der Waals surface area (Å²) in [5.74, 6) is 0. The van der Waals surface area contributed by atoms with E-state index in [0.717, 1.165) is 31.4 Å². The molecule has 5 aliphatic rings. The molecule has 9 aromatic carbocycles. The molecule has 0 saturated carbocycles. The van der Waals surface area contributed by atoms with Crippen molar-refractivity contribution < 1.29 is 0 Å². The highest BCUT2D eigenvalue weighted by Crippen LogP contribution is 2.57. The van der Waals surface area contributed by atoms with Gasteiger partial charge in [0.2, 0.25) is 0 Å². The molecule has 93 heavy (non-hydrogen) atoms. The van der Waals surface area contributed by atoms with Gasteiger partial charge in [-0.1, -0.05) is 249 Å². The molecule has 0 aromatic heterocycles. The smallest absolute Gasteiger partial charge is 0.252 e. The van der Waals surface area contributed by atoms with Crippen molar-refractivity contribution in [3.63, 3.8) is 0 Å². The van der Waals surface area contributed by atoms with Gasteiger partial charge in [-0.25, -0.2) is 0 Å². The van der Waals surface area contributed by atoms with E-state index in [1.54, 1.807) is 0 Å². The Morgan fingerprint density at radius 1 is 0.333 bits per heavy atom. The second kappa shape index (κ2) is 20.7. The molecule has 476 valence electrons. The van der Waals surface area contributed by atoms with E-state index in [4.69, 9.17) is 0 Å². The van der Waals surface area contributed by atoms with Gasteiger partial charge >= 0.3 is 0 Å². The Hall–Kier alpha value is -7.56. The minimum atomic E-state index is -0.298. The van der Waals surface area contributed by atoms with Crippen LogP contribution in [0, 0.1) is 6.92 Å². The Morgan fingerprint density at radius 3 is 1.27 bits per heavy atom. The minimum Gasteiger partial charge on any atom is -0.311 e. The summed E-state index contributed by atoms with van der Waals surface area (Å²) in [4.78, 5) is 8.15. The molecule has 0 atom stereocenters. The molecule has 0 spiro atoms. The van der Waals surface area contributed by atoms with Crippen molar-refractivity contribution in [3.8, 4) is 11.1 Å². The van der Waals surface area contributed by atoms with Gasteiger partial charge in [0.25, 0.3) is 6.71 Å². The van der Waals surface area contributed by atoms with Gasteiger partial charge in [0.15, 0.2) is 0 Å². The van der Waals surface area contributed by atoms with E-state index in [0.29, 0.717) is 0 Å². The molecule has 0 amide bonds. The van der Waals surface area contributed by atoms with Crippen molar-refractivity contribution in [2.75, 3.05) is 14.7 Å². The van der Waals surface area contributed by atoms with Crippen LogP contribution < -0.4 is 31.1 Å². The molecule has 0 bridgehead atoms. The van der Waals surface area contributed by atoms with Gasteiger partial charge in [0.05, 0.1) is 11.4 Å². The first-order chi connectivity index (χ1) is 43.4. The molecule has 0 N–H and O–H groups in total. The van der Waals surface area contributed by atoms with Crippen LogP contribution in [0.1, 0.15) is 238 Å². The maximum absolute atomic E-state index is 2.75. The summed E-state index contributed by atoms with van der Waals surface area (Å²) in [7, 11) is 0. The number of rotatable bonds is 6. The van der Waals surface area contributed by atoms with Crippen molar-refractivity contribution in [3.05, 3.63) is 237 Å². The van der Waals surface area contributed by atoms with E-state index in [1.807, 2.05) is 0 Å². The van der Waals surface area contributed by atoms with Crippen molar-refractivity contribution in [1.29, 1.82) is 0 Å². The zero-order valence-corrected chi connectivity index (χ0v) is 60.4. The first-order valence-electron chi connectivity index (χ1n) is 35.0. The molecule has 0 unspecified atom stereocenters. The van der Waals surface area contributed by atoms with Crippen LogP contribution in [0.25, 0.3) is 11.1 Å². The number of aryl methyl sites for hydroxylation is 1. The van der Waals surface area contributed by atoms with E-state index in [-0.39, 0.29) is 55.4 Å². The van der Waals surface area contributed by atoms with Crippen LogP contribution in [0.5, 0.6) is 0 Å². The van der Waals surface area contributed by atoms with Crippen LogP contribution in [-0.2, 0) is 48.7 Å². The van der Waals surface area contributed by atoms with Crippen LogP contribution in [0.4, 0.5) is 51.2 Å². The van der Waals surface area contributed by atoms with Crippen molar-refractivity contribution in [1.82, 2.24) is 0 Å². The topological polar surface area (TPSA) is 9.72 Å². The number of hydrogen-bond acceptors (Lipinski definition) is 3. The number of fused-ring (bicyclic) bond motifs is 8. The van der Waals surface area contributed by atoms with Crippen LogP contribution >= 0.6 is 0 Å². The Morgan fingerprint density at radius 2 is 0.763 bits per heavy atom. The maximum atomic E-state index is 2.75. The van der Waals surface area contributed by atoms with E-state index in [1.165, 1.54) is 140 Å². The molecular formula is C89H102BN3. The Labute approximate surface area is 560 Å². The fourth-order valence-corrected chi connectivity index (χ4v) is 17.3. The lowest BCUT2D eigenvalue weighted by atomic mass is 9.33. The lowest BCUT2D eigenvalue weighted by Crippen LogP contribution is -2.62. The van der Waals surface area contributed by atoms with E-state index >= 15 is 0 Å². The molecule has 0 fully saturated rings. The molecule has 9 aromatic rings. The third kappa shape index (κ3) is 9.93. The van der Waals surface area contributed by atoms with Gasteiger partial charge in [0.1, 0.15) is 0 Å². The quantitative estimate of drug-likeness (QED) is 0.154. The third-order valence-electron chi connectivity index (χ3n) is 23.6. The van der Waals surface area contributed by atoms with Crippen LogP contribution in [0.15, 0.2) is 170 Å². The molecule has 0 saturated heterocycles. The predicted molar refractivity (Wildman–Crippen MR) is 403 cm³/mol. The highest BCUT2D eigenvalue weighted by Gasteiger charge is 2.50. The summed E-state index contributed by atoms with van der Waals surface area (Å²) in [5, 5.41) is 0. The van der Waals surface area contributed by atoms with Crippen molar-refractivity contribution in [2.24, 2.45) is 0 Å². The molecule has 0 radical (unpaired) electrons. The third-order valence-corrected chi connectivity index (χ3v) is 23.6. The SMILES string of the molecule is Cc1cc(C(C)(C)C)ccc1N1c2cc(C(C)(C)C)ccc2B2c3cc4c(cc3N(c3ccc(C(C)(C)C)cc3-c3ccccc3)c3cc(N(c5ccc6c(c5)C(C)(C)CCC6(C)C)c5ccc6c(c5)C(C)(C)CCC6(C)C)cc1c32)C(C)(C)c1ccccc1C4(C)C. The predicted octanol–water partition coefficient (Wildman–Crippen LogP) is 22.8. The number of benzene rings is 9. The van der Waals surface area contributed by atoms with E-state index < -0.39 is 0 Å². The summed E-state index contributed by atoms with van der Waals surface area (Å²) in [6.45, 7) is 53.2. The van der Waals surface area contributed by atoms with E-state index in [2.05, 4.69) is 337 Å². The fraction of sp³-hybridized carbons (Fsp3) is 0.393. The standard InChI is InChI=1S/C89H102BN3/c1-55-46-57(81(2,3)4)33-40-74(55)92-76-48-59(83(8,9)10)32-39-72(76)90-73-53-70-71(89(21,22)67-31-27-26-30-66(67)88(70,19)20)54-77(73)93(75-41-34-58(82(5,6)7)47-63(75)56-28-24-23-25-29-56)79-52-62(51-78(92)80(79)90)91(60-35-37-64-68(49-60)86(15,16)44-42-84(64,11)12)61-36-38-65-69(50-61)87(17,18)45-43-85(65,13)14/h23-41,46-54H,42-45H2,1-22H3. The van der Waals surface area contributed by atoms with Crippen molar-refractivity contribution in [2.45, 2.75) is 227 Å². The highest BCUT2D eigenvalue weighted by molar-refractivity contribution is 7.00. The lowest BCUT2D eigenvalue weighted by Gasteiger charge is -2.49. The Kier molecular flexibility index (Phi) is 14.0.